The van der Waals surface area contributed by atoms with E-state index in [-0.39, 0.29) is 0 Å². The average Bonchev–Trinajstić information content (AvgIpc) is 4.05. The summed E-state index contributed by atoms with van der Waals surface area (Å²) in [7, 11) is 4.59. The predicted molar refractivity (Wildman–Crippen MR) is 238 cm³/mol. The lowest BCUT2D eigenvalue weighted by Crippen LogP contribution is -2.34. The molecule has 58 heavy (non-hydrogen) atoms. The van der Waals surface area contributed by atoms with Crippen LogP contribution in [0.15, 0.2) is 73.1 Å². The lowest BCUT2D eigenvalue weighted by atomic mass is 9.94. The number of hydrogen-bond donors (Lipinski definition) is 4. The van der Waals surface area contributed by atoms with Gasteiger partial charge in [0.05, 0.1) is 11.0 Å². The van der Waals surface area contributed by atoms with Gasteiger partial charge in [0.15, 0.2) is 11.3 Å². The average molecular weight is 775 g/mol. The number of nitrogens with one attached hydrogen (secondary N) is 4. The number of hydrogen-bond acceptors (Lipinski definition) is 6. The SMILES string of the molecule is Cc1nc2nccc(-c3cc4cc(CCN(C)C5CCCCC5)ccc4[nH]3)c2[nH]1.Cc1nc2nccc(-c3cc4ccc(CCN(C)C5CCCCC5)cc4[nH]3)c2[nH]1. The molecular weight excluding hydrogens is 717 g/mol. The van der Waals surface area contributed by atoms with E-state index in [1.165, 1.54) is 97.1 Å². The summed E-state index contributed by atoms with van der Waals surface area (Å²) in [6, 6.07) is 23.7. The summed E-state index contributed by atoms with van der Waals surface area (Å²) in [5.41, 5.74) is 13.1. The Labute approximate surface area is 341 Å². The molecule has 10 nitrogen and oxygen atoms in total. The van der Waals surface area contributed by atoms with Gasteiger partial charge in [-0.15, -0.1) is 0 Å². The zero-order valence-corrected chi connectivity index (χ0v) is 34.7. The van der Waals surface area contributed by atoms with Gasteiger partial charge in [-0.2, -0.15) is 0 Å². The number of likely N-dealkylation sites (N-methyl/N-ethyl adjacent to an activating group) is 2. The Bertz CT molecular complexity index is 2450. The van der Waals surface area contributed by atoms with E-state index in [0.717, 1.165) is 94.5 Å². The van der Waals surface area contributed by atoms with Crippen LogP contribution >= 0.6 is 0 Å². The molecule has 0 spiro atoms. The molecule has 10 heteroatoms. The highest BCUT2D eigenvalue weighted by Crippen LogP contribution is 2.31. The van der Waals surface area contributed by atoms with Crippen molar-refractivity contribution >= 4 is 44.1 Å². The molecule has 4 N–H and O–H groups in total. The standard InChI is InChI=1S/2C24H29N5/c1-16-26-23-20(10-12-25-24(23)27-16)22-15-18-14-17(8-9-21(18)28-22)11-13-29(2)19-6-4-3-5-7-19;1-16-26-23-20(10-12-25-24(23)27-16)22-15-18-9-8-17(14-21(18)28-22)11-13-29(2)19-6-4-3-5-7-19/h2*8-10,12,14-15,19,28H,3-7,11,13H2,1-2H3,(H,25,26,27). The van der Waals surface area contributed by atoms with Crippen LogP contribution in [-0.4, -0.2) is 88.9 Å². The lowest BCUT2D eigenvalue weighted by molar-refractivity contribution is 0.194. The van der Waals surface area contributed by atoms with Crippen LogP contribution in [0.2, 0.25) is 0 Å². The van der Waals surface area contributed by atoms with Crippen molar-refractivity contribution in [3.8, 4) is 22.5 Å². The zero-order valence-electron chi connectivity index (χ0n) is 34.7. The Hall–Kier alpha value is -5.32. The molecule has 10 rings (SSSR count). The maximum atomic E-state index is 4.46. The molecule has 0 amide bonds. The van der Waals surface area contributed by atoms with Gasteiger partial charge in [0.25, 0.3) is 0 Å². The third-order valence-corrected chi connectivity index (χ3v) is 12.9. The van der Waals surface area contributed by atoms with E-state index in [9.17, 15) is 0 Å². The second kappa shape index (κ2) is 16.9. The number of rotatable bonds is 10. The Morgan fingerprint density at radius 1 is 0.534 bits per heavy atom. The quantitative estimate of drug-likeness (QED) is 0.110. The van der Waals surface area contributed by atoms with Crippen LogP contribution in [0.3, 0.4) is 0 Å². The summed E-state index contributed by atoms with van der Waals surface area (Å²) in [5, 5.41) is 2.50. The molecular formula is C48H58N10. The zero-order chi connectivity index (χ0) is 39.6. The molecule has 0 atom stereocenters. The first-order chi connectivity index (χ1) is 28.3. The fraction of sp³-hybridized carbons (Fsp3) is 0.417. The van der Waals surface area contributed by atoms with Crippen molar-refractivity contribution in [2.24, 2.45) is 0 Å². The molecule has 2 aliphatic rings. The Kier molecular flexibility index (Phi) is 11.1. The monoisotopic (exact) mass is 774 g/mol. The van der Waals surface area contributed by atoms with Gasteiger partial charge in [-0.05, 0) is 120 Å². The number of fused-ring (bicyclic) bond motifs is 4. The smallest absolute Gasteiger partial charge is 0.178 e. The Morgan fingerprint density at radius 3 is 1.60 bits per heavy atom. The first-order valence-electron chi connectivity index (χ1n) is 21.6. The predicted octanol–water partition coefficient (Wildman–Crippen LogP) is 10.4. The molecule has 0 unspecified atom stereocenters. The Morgan fingerprint density at radius 2 is 1.03 bits per heavy atom. The van der Waals surface area contributed by atoms with E-state index in [2.05, 4.69) is 112 Å². The van der Waals surface area contributed by atoms with Gasteiger partial charge in [-0.3, -0.25) is 0 Å². The molecule has 2 saturated carbocycles. The minimum absolute atomic E-state index is 0.769. The number of imidazole rings is 2. The largest absolute Gasteiger partial charge is 0.354 e. The second-order valence-corrected chi connectivity index (χ2v) is 17.0. The molecule has 6 heterocycles. The number of aromatic amines is 4. The summed E-state index contributed by atoms with van der Waals surface area (Å²) in [6.07, 6.45) is 19.7. The van der Waals surface area contributed by atoms with Gasteiger partial charge in [-0.25, -0.2) is 19.9 Å². The normalized spacial score (nSPS) is 15.7. The maximum Gasteiger partial charge on any atom is 0.178 e. The van der Waals surface area contributed by atoms with E-state index in [4.69, 9.17) is 0 Å². The van der Waals surface area contributed by atoms with Crippen molar-refractivity contribution in [3.05, 3.63) is 95.8 Å². The highest BCUT2D eigenvalue weighted by Gasteiger charge is 2.19. The molecule has 2 aromatic carbocycles. The summed E-state index contributed by atoms with van der Waals surface area (Å²) in [6.45, 7) is 6.19. The fourth-order valence-corrected chi connectivity index (χ4v) is 9.48. The van der Waals surface area contributed by atoms with E-state index in [1.807, 2.05) is 38.4 Å². The van der Waals surface area contributed by atoms with Crippen LogP contribution in [0.5, 0.6) is 0 Å². The summed E-state index contributed by atoms with van der Waals surface area (Å²) >= 11 is 0. The first kappa shape index (κ1) is 38.2. The van der Waals surface area contributed by atoms with Crippen molar-refractivity contribution in [1.29, 1.82) is 0 Å². The van der Waals surface area contributed by atoms with Crippen molar-refractivity contribution in [2.45, 2.75) is 103 Å². The van der Waals surface area contributed by atoms with Crippen LogP contribution in [0.4, 0.5) is 0 Å². The number of H-pyrrole nitrogens is 4. The van der Waals surface area contributed by atoms with Crippen molar-refractivity contribution < 1.29 is 0 Å². The second-order valence-electron chi connectivity index (χ2n) is 17.0. The van der Waals surface area contributed by atoms with Crippen LogP contribution in [0.1, 0.15) is 87.0 Å². The van der Waals surface area contributed by atoms with E-state index in [1.54, 1.807) is 0 Å². The maximum absolute atomic E-state index is 4.46. The minimum Gasteiger partial charge on any atom is -0.354 e. The molecule has 0 radical (unpaired) electrons. The third-order valence-electron chi connectivity index (χ3n) is 12.9. The molecule has 0 aliphatic heterocycles. The van der Waals surface area contributed by atoms with Gasteiger partial charge in [0.1, 0.15) is 11.6 Å². The van der Waals surface area contributed by atoms with Crippen LogP contribution in [0, 0.1) is 13.8 Å². The van der Waals surface area contributed by atoms with Crippen LogP contribution < -0.4 is 0 Å². The molecule has 6 aromatic heterocycles. The number of aromatic nitrogens is 8. The van der Waals surface area contributed by atoms with Gasteiger partial charge in [0, 0.05) is 81.9 Å². The van der Waals surface area contributed by atoms with Crippen molar-refractivity contribution in [1.82, 2.24) is 49.7 Å². The summed E-state index contributed by atoms with van der Waals surface area (Å²) in [4.78, 5) is 36.7. The van der Waals surface area contributed by atoms with Gasteiger partial charge < -0.3 is 29.7 Å². The third kappa shape index (κ3) is 8.31. The number of nitrogens with zero attached hydrogens (tertiary/aromatic N) is 6. The number of aryl methyl sites for hydroxylation is 2. The first-order valence-corrected chi connectivity index (χ1v) is 21.6. The van der Waals surface area contributed by atoms with Gasteiger partial charge in [0.2, 0.25) is 0 Å². The molecule has 0 saturated heterocycles. The van der Waals surface area contributed by atoms with E-state index >= 15 is 0 Å². The lowest BCUT2D eigenvalue weighted by Gasteiger charge is -2.31. The van der Waals surface area contributed by atoms with E-state index < -0.39 is 0 Å². The Balaban J connectivity index is 0.000000150. The van der Waals surface area contributed by atoms with Gasteiger partial charge in [-0.1, -0.05) is 56.7 Å². The number of benzene rings is 2. The fourth-order valence-electron chi connectivity index (χ4n) is 9.48. The highest BCUT2D eigenvalue weighted by atomic mass is 15.1. The van der Waals surface area contributed by atoms with Gasteiger partial charge >= 0.3 is 0 Å². The topological polar surface area (TPSA) is 121 Å². The van der Waals surface area contributed by atoms with Crippen molar-refractivity contribution in [2.75, 3.05) is 27.2 Å². The van der Waals surface area contributed by atoms with Crippen molar-refractivity contribution in [3.63, 3.8) is 0 Å². The van der Waals surface area contributed by atoms with Crippen LogP contribution in [0.25, 0.3) is 66.6 Å². The minimum atomic E-state index is 0.769. The molecule has 0 bridgehead atoms. The molecule has 2 fully saturated rings. The molecule has 8 aromatic rings. The summed E-state index contributed by atoms with van der Waals surface area (Å²) in [5.74, 6) is 1.78. The summed E-state index contributed by atoms with van der Waals surface area (Å²) < 4.78 is 0. The number of pyridine rings is 2. The highest BCUT2D eigenvalue weighted by molar-refractivity contribution is 5.95. The van der Waals surface area contributed by atoms with Crippen LogP contribution in [-0.2, 0) is 12.8 Å². The molecule has 300 valence electrons. The molecule has 2 aliphatic carbocycles. The van der Waals surface area contributed by atoms with E-state index in [0.29, 0.717) is 0 Å².